The van der Waals surface area contributed by atoms with Gasteiger partial charge < -0.3 is 25.9 Å². The van der Waals surface area contributed by atoms with Crippen LogP contribution in [0.4, 0.5) is 0 Å². The number of hydrogen-bond acceptors (Lipinski definition) is 8. The van der Waals surface area contributed by atoms with Gasteiger partial charge in [0.2, 0.25) is 0 Å². The number of nitrogens with zero attached hydrogens (tertiary/aromatic N) is 2. The summed E-state index contributed by atoms with van der Waals surface area (Å²) in [4.78, 5) is 8.23. The molecule has 0 saturated carbocycles. The first-order chi connectivity index (χ1) is 11.5. The fourth-order valence-corrected chi connectivity index (χ4v) is 4.36. The Bertz CT molecular complexity index is 677. The molecule has 2 rings (SSSR count). The van der Waals surface area contributed by atoms with E-state index in [0.29, 0.717) is 34.0 Å². The number of pyridine rings is 2. The lowest BCUT2D eigenvalue weighted by molar-refractivity contribution is 0.273. The Morgan fingerprint density at radius 2 is 1.11 bits per heavy atom. The lowest BCUT2D eigenvalue weighted by Gasteiger charge is -2.12. The highest BCUT2D eigenvalue weighted by atomic mass is 35.5. The minimum absolute atomic E-state index is 0. The van der Waals surface area contributed by atoms with E-state index in [1.54, 1.807) is 26.2 Å². The summed E-state index contributed by atoms with van der Waals surface area (Å²) in [6.45, 7) is 2.90. The molecule has 0 unspecified atom stereocenters. The van der Waals surface area contributed by atoms with Gasteiger partial charge in [-0.25, -0.2) is 0 Å². The Hall–Kier alpha value is -0.940. The molecule has 0 aliphatic carbocycles. The fourth-order valence-electron chi connectivity index (χ4n) is 2.18. The average Bonchev–Trinajstić information content (AvgIpc) is 2.58. The molecule has 27 heavy (non-hydrogen) atoms. The maximum Gasteiger partial charge on any atom is 0.142 e. The van der Waals surface area contributed by atoms with Crippen LogP contribution in [0.2, 0.25) is 0 Å². The largest absolute Gasteiger partial charge is 0.506 e. The molecule has 11 heteroatoms. The smallest absolute Gasteiger partial charge is 0.142 e. The van der Waals surface area contributed by atoms with Crippen LogP contribution in [0, 0.1) is 13.8 Å². The van der Waals surface area contributed by atoms with Gasteiger partial charge in [0, 0.05) is 35.0 Å². The molecule has 6 N–H and O–H groups in total. The number of aromatic hydroxyl groups is 2. The van der Waals surface area contributed by atoms with Crippen LogP contribution >= 0.6 is 46.4 Å². The summed E-state index contributed by atoms with van der Waals surface area (Å²) in [6.07, 6.45) is 3.32. The van der Waals surface area contributed by atoms with Gasteiger partial charge in [-0.2, -0.15) is 0 Å². The fraction of sp³-hybridized carbons (Fsp3) is 0.375. The number of rotatable bonds is 7. The number of hydrogen-bond donors (Lipinski definition) is 4. The van der Waals surface area contributed by atoms with Crippen molar-refractivity contribution in [3.63, 3.8) is 0 Å². The zero-order valence-corrected chi connectivity index (χ0v) is 18.1. The first-order valence-electron chi connectivity index (χ1n) is 7.28. The van der Waals surface area contributed by atoms with E-state index in [-0.39, 0.29) is 55.0 Å². The number of halogens is 2. The maximum absolute atomic E-state index is 9.94. The van der Waals surface area contributed by atoms with E-state index in [4.69, 9.17) is 0 Å². The summed E-state index contributed by atoms with van der Waals surface area (Å²) in [5, 5.41) is 38.7. The van der Waals surface area contributed by atoms with Gasteiger partial charge in [-0.1, -0.05) is 21.6 Å². The molecule has 0 atom stereocenters. The Balaban J connectivity index is 0. The highest BCUT2D eigenvalue weighted by molar-refractivity contribution is 8.76. The Kier molecular flexibility index (Phi) is 13.9. The third-order valence-corrected chi connectivity index (χ3v) is 5.92. The zero-order chi connectivity index (χ0) is 17.7. The third-order valence-electron chi connectivity index (χ3n) is 3.69. The molecule has 2 aromatic heterocycles. The van der Waals surface area contributed by atoms with Crippen molar-refractivity contribution in [3.05, 3.63) is 46.0 Å². The highest BCUT2D eigenvalue weighted by Gasteiger charge is 2.13. The summed E-state index contributed by atoms with van der Waals surface area (Å²) in [6, 6.07) is 0. The van der Waals surface area contributed by atoms with Gasteiger partial charge in [-0.3, -0.25) is 9.97 Å². The molecule has 0 fully saturated rings. The summed E-state index contributed by atoms with van der Waals surface area (Å²) in [5.41, 5.74) is 3.56. The summed E-state index contributed by atoms with van der Waals surface area (Å²) in [7, 11) is 3.08. The summed E-state index contributed by atoms with van der Waals surface area (Å²) < 4.78 is 0. The van der Waals surface area contributed by atoms with E-state index in [0.717, 1.165) is 11.1 Å². The molecule has 0 amide bonds. The van der Waals surface area contributed by atoms with Gasteiger partial charge in [-0.05, 0) is 25.0 Å². The molecular formula is C16H24Cl2N2O5S2. The predicted octanol–water partition coefficient (Wildman–Crippen LogP) is 2.59. The van der Waals surface area contributed by atoms with Crippen LogP contribution in [0.15, 0.2) is 12.4 Å². The van der Waals surface area contributed by atoms with Crippen LogP contribution in [-0.4, -0.2) is 35.9 Å². The number of aliphatic hydroxyl groups is 2. The molecule has 0 aliphatic rings. The highest BCUT2D eigenvalue weighted by Crippen LogP contribution is 2.35. The second-order valence-corrected chi connectivity index (χ2v) is 7.70. The van der Waals surface area contributed by atoms with Crippen molar-refractivity contribution >= 4 is 46.4 Å². The van der Waals surface area contributed by atoms with E-state index in [1.807, 2.05) is 0 Å². The van der Waals surface area contributed by atoms with Gasteiger partial charge in [-0.15, -0.1) is 24.8 Å². The van der Waals surface area contributed by atoms with E-state index in [1.165, 1.54) is 21.6 Å². The van der Waals surface area contributed by atoms with Crippen LogP contribution < -0.4 is 0 Å². The number of aromatic nitrogens is 2. The lowest BCUT2D eigenvalue weighted by Crippen LogP contribution is -1.98. The minimum Gasteiger partial charge on any atom is -0.506 e. The van der Waals surface area contributed by atoms with E-state index >= 15 is 0 Å². The first kappa shape index (κ1) is 28.3. The SMILES string of the molecule is Cc1ncc(CSSCc2cnc(C)c(O)c2CO)c(CO)c1O.Cl.Cl.O. The number of aliphatic hydroxyl groups excluding tert-OH is 2. The average molecular weight is 459 g/mol. The monoisotopic (exact) mass is 458 g/mol. The van der Waals surface area contributed by atoms with Crippen molar-refractivity contribution in [1.29, 1.82) is 0 Å². The van der Waals surface area contributed by atoms with Crippen molar-refractivity contribution < 1.29 is 25.9 Å². The van der Waals surface area contributed by atoms with Crippen molar-refractivity contribution in [3.8, 4) is 11.5 Å². The van der Waals surface area contributed by atoms with Gasteiger partial charge in [0.05, 0.1) is 24.6 Å². The third kappa shape index (κ3) is 6.86. The Morgan fingerprint density at radius 3 is 1.41 bits per heavy atom. The molecule has 0 spiro atoms. The minimum atomic E-state index is -0.236. The molecule has 7 nitrogen and oxygen atoms in total. The molecule has 0 aromatic carbocycles. The van der Waals surface area contributed by atoms with Gasteiger partial charge >= 0.3 is 0 Å². The van der Waals surface area contributed by atoms with Gasteiger partial charge in [0.1, 0.15) is 11.5 Å². The molecule has 154 valence electrons. The lowest BCUT2D eigenvalue weighted by atomic mass is 10.1. The second-order valence-electron chi connectivity index (χ2n) is 5.23. The number of aryl methyl sites for hydroxylation is 2. The molecular weight excluding hydrogens is 435 g/mol. The Labute approximate surface area is 178 Å². The van der Waals surface area contributed by atoms with E-state index in [2.05, 4.69) is 9.97 Å². The summed E-state index contributed by atoms with van der Waals surface area (Å²) >= 11 is 0. The van der Waals surface area contributed by atoms with Crippen LogP contribution in [0.25, 0.3) is 0 Å². The standard InChI is InChI=1S/C16H20N2O4S2.2ClH.H2O/c1-9-15(21)13(5-19)11(3-17-9)7-23-24-8-12-4-18-10(2)16(22)14(12)6-20;;;/h3-4,19-22H,5-8H2,1-2H3;2*1H;1H2. The Morgan fingerprint density at radius 1 is 0.778 bits per heavy atom. The molecule has 0 radical (unpaired) electrons. The van der Waals surface area contributed by atoms with Crippen LogP contribution in [0.3, 0.4) is 0 Å². The van der Waals surface area contributed by atoms with E-state index in [9.17, 15) is 20.4 Å². The van der Waals surface area contributed by atoms with Crippen LogP contribution in [0.5, 0.6) is 11.5 Å². The van der Waals surface area contributed by atoms with E-state index < -0.39 is 0 Å². The normalized spacial score (nSPS) is 9.78. The van der Waals surface area contributed by atoms with Crippen LogP contribution in [0.1, 0.15) is 33.6 Å². The molecule has 0 bridgehead atoms. The van der Waals surface area contributed by atoms with Crippen LogP contribution in [-0.2, 0) is 24.7 Å². The maximum atomic E-state index is 9.94. The first-order valence-corrected chi connectivity index (χ1v) is 9.77. The molecule has 2 heterocycles. The zero-order valence-electron chi connectivity index (χ0n) is 14.8. The van der Waals surface area contributed by atoms with Gasteiger partial charge in [0.15, 0.2) is 0 Å². The topological polar surface area (TPSA) is 138 Å². The van der Waals surface area contributed by atoms with Crippen molar-refractivity contribution in [2.45, 2.75) is 38.6 Å². The van der Waals surface area contributed by atoms with Gasteiger partial charge in [0.25, 0.3) is 0 Å². The quantitative estimate of drug-likeness (QED) is 0.366. The van der Waals surface area contributed by atoms with Crippen molar-refractivity contribution in [1.82, 2.24) is 9.97 Å². The summed E-state index contributed by atoms with van der Waals surface area (Å²) in [5.74, 6) is 1.22. The molecule has 0 saturated heterocycles. The predicted molar refractivity (Wildman–Crippen MR) is 114 cm³/mol. The van der Waals surface area contributed by atoms with Crippen molar-refractivity contribution in [2.75, 3.05) is 0 Å². The molecule has 2 aromatic rings. The second kappa shape index (κ2) is 13.3. The molecule has 0 aliphatic heterocycles. The van der Waals surface area contributed by atoms with Crippen molar-refractivity contribution in [2.24, 2.45) is 0 Å².